The molecule has 0 unspecified atom stereocenters. The predicted octanol–water partition coefficient (Wildman–Crippen LogP) is 4.10. The van der Waals surface area contributed by atoms with Gasteiger partial charge in [0, 0.05) is 42.2 Å². The van der Waals surface area contributed by atoms with Gasteiger partial charge in [-0.05, 0) is 56.7 Å². The molecule has 1 N–H and O–H groups in total. The summed E-state index contributed by atoms with van der Waals surface area (Å²) in [4.78, 5) is 21.0. The maximum atomic E-state index is 12.1. The number of carbonyl (C=O) groups is 1. The second-order valence-corrected chi connectivity index (χ2v) is 8.25. The van der Waals surface area contributed by atoms with E-state index in [0.717, 1.165) is 54.0 Å². The number of carbonyl (C=O) groups excluding carboxylic acids is 1. The van der Waals surface area contributed by atoms with Crippen LogP contribution < -0.4 is 15.0 Å². The SMILES string of the molecule is C#Cc1ccc(C)c(N2CN=Cc3cc(NC(=O)C=C)c(OC4CCN(C)CC4)cc32)c1. The molecule has 6 nitrogen and oxygen atoms in total. The molecule has 1 saturated heterocycles. The average Bonchev–Trinajstić information content (AvgIpc) is 2.81. The van der Waals surface area contributed by atoms with Crippen molar-refractivity contribution in [1.82, 2.24) is 4.90 Å². The van der Waals surface area contributed by atoms with E-state index < -0.39 is 0 Å². The number of aliphatic imine (C=N–C) groups is 1. The monoisotopic (exact) mass is 428 g/mol. The summed E-state index contributed by atoms with van der Waals surface area (Å²) < 4.78 is 6.43. The lowest BCUT2D eigenvalue weighted by Crippen LogP contribution is -2.35. The van der Waals surface area contributed by atoms with Crippen molar-refractivity contribution in [2.45, 2.75) is 25.9 Å². The first-order chi connectivity index (χ1) is 15.5. The quantitative estimate of drug-likeness (QED) is 0.575. The maximum absolute atomic E-state index is 12.1. The van der Waals surface area contributed by atoms with E-state index in [1.165, 1.54) is 6.08 Å². The first-order valence-corrected chi connectivity index (χ1v) is 10.8. The lowest BCUT2D eigenvalue weighted by Gasteiger charge is -2.32. The first-order valence-electron chi connectivity index (χ1n) is 10.8. The van der Waals surface area contributed by atoms with Gasteiger partial charge in [0.25, 0.3) is 0 Å². The molecule has 2 aliphatic rings. The predicted molar refractivity (Wildman–Crippen MR) is 130 cm³/mol. The molecule has 0 saturated carbocycles. The van der Waals surface area contributed by atoms with Crippen LogP contribution in [0.4, 0.5) is 17.1 Å². The van der Waals surface area contributed by atoms with Gasteiger partial charge in [-0.3, -0.25) is 9.79 Å². The summed E-state index contributed by atoms with van der Waals surface area (Å²) in [7, 11) is 2.12. The Bertz CT molecular complexity index is 1110. The maximum Gasteiger partial charge on any atom is 0.247 e. The Morgan fingerprint density at radius 2 is 2.06 bits per heavy atom. The van der Waals surface area contributed by atoms with Gasteiger partial charge in [0.15, 0.2) is 0 Å². The zero-order chi connectivity index (χ0) is 22.7. The minimum Gasteiger partial charge on any atom is -0.488 e. The summed E-state index contributed by atoms with van der Waals surface area (Å²) in [5.74, 6) is 3.09. The fourth-order valence-electron chi connectivity index (χ4n) is 4.08. The zero-order valence-electron chi connectivity index (χ0n) is 18.6. The summed E-state index contributed by atoms with van der Waals surface area (Å²) in [5, 5.41) is 2.89. The molecule has 0 atom stereocenters. The van der Waals surface area contributed by atoms with E-state index in [0.29, 0.717) is 18.1 Å². The van der Waals surface area contributed by atoms with E-state index in [9.17, 15) is 4.79 Å². The number of fused-ring (bicyclic) bond motifs is 1. The van der Waals surface area contributed by atoms with Crippen LogP contribution in [-0.2, 0) is 4.79 Å². The molecule has 0 bridgehead atoms. The van der Waals surface area contributed by atoms with E-state index in [1.54, 1.807) is 0 Å². The number of anilines is 3. The highest BCUT2D eigenvalue weighted by Crippen LogP contribution is 2.40. The molecule has 0 aliphatic carbocycles. The number of rotatable bonds is 5. The number of hydrogen-bond acceptors (Lipinski definition) is 5. The topological polar surface area (TPSA) is 57.2 Å². The molecular formula is C26H28N4O2. The Morgan fingerprint density at radius 3 is 2.78 bits per heavy atom. The van der Waals surface area contributed by atoms with Crippen molar-refractivity contribution >= 4 is 29.2 Å². The third kappa shape index (κ3) is 4.53. The number of likely N-dealkylation sites (tertiary alicyclic amines) is 1. The molecule has 32 heavy (non-hydrogen) atoms. The minimum atomic E-state index is -0.277. The van der Waals surface area contributed by atoms with Crippen molar-refractivity contribution in [3.05, 3.63) is 59.7 Å². The van der Waals surface area contributed by atoms with Crippen LogP contribution in [0.3, 0.4) is 0 Å². The third-order valence-electron chi connectivity index (χ3n) is 5.94. The highest BCUT2D eigenvalue weighted by atomic mass is 16.5. The van der Waals surface area contributed by atoms with Crippen LogP contribution in [0.15, 0.2) is 48.0 Å². The summed E-state index contributed by atoms with van der Waals surface area (Å²) in [6.45, 7) is 8.08. The van der Waals surface area contributed by atoms with E-state index in [2.05, 4.69) is 46.6 Å². The van der Waals surface area contributed by atoms with Gasteiger partial charge >= 0.3 is 0 Å². The number of ether oxygens (including phenoxy) is 1. The number of nitrogens with zero attached hydrogens (tertiary/aromatic N) is 3. The van der Waals surface area contributed by atoms with Crippen LogP contribution in [0.5, 0.6) is 5.75 Å². The van der Waals surface area contributed by atoms with Crippen molar-refractivity contribution in [2.24, 2.45) is 4.99 Å². The normalized spacial score (nSPS) is 16.2. The molecule has 0 aromatic heterocycles. The van der Waals surface area contributed by atoms with Gasteiger partial charge in [0.05, 0.1) is 11.4 Å². The van der Waals surface area contributed by atoms with Gasteiger partial charge in [-0.25, -0.2) is 0 Å². The molecule has 4 rings (SSSR count). The highest BCUT2D eigenvalue weighted by Gasteiger charge is 2.24. The van der Waals surface area contributed by atoms with Crippen LogP contribution in [0.2, 0.25) is 0 Å². The molecular weight excluding hydrogens is 400 g/mol. The van der Waals surface area contributed by atoms with Crippen LogP contribution in [0.25, 0.3) is 0 Å². The van der Waals surface area contributed by atoms with Crippen molar-refractivity contribution in [3.8, 4) is 18.1 Å². The lowest BCUT2D eigenvalue weighted by molar-refractivity contribution is -0.111. The van der Waals surface area contributed by atoms with Crippen LogP contribution in [-0.4, -0.2) is 49.9 Å². The number of aryl methyl sites for hydroxylation is 1. The Balaban J connectivity index is 1.75. The van der Waals surface area contributed by atoms with Crippen molar-refractivity contribution in [2.75, 3.05) is 37.0 Å². The fourth-order valence-corrected chi connectivity index (χ4v) is 4.08. The molecule has 1 amide bonds. The van der Waals surface area contributed by atoms with Gasteiger partial charge in [-0.15, -0.1) is 6.42 Å². The van der Waals surface area contributed by atoms with Gasteiger partial charge in [0.2, 0.25) is 5.91 Å². The minimum absolute atomic E-state index is 0.0980. The molecule has 0 spiro atoms. The van der Waals surface area contributed by atoms with Crippen LogP contribution >= 0.6 is 0 Å². The number of terminal acetylenes is 1. The Morgan fingerprint density at radius 1 is 1.28 bits per heavy atom. The smallest absolute Gasteiger partial charge is 0.247 e. The second kappa shape index (κ2) is 9.29. The molecule has 2 heterocycles. The van der Waals surface area contributed by atoms with Gasteiger partial charge in [0.1, 0.15) is 18.5 Å². The number of nitrogens with one attached hydrogen (secondary N) is 1. The number of amides is 1. The first kappa shape index (κ1) is 21.7. The van der Waals surface area contributed by atoms with E-state index in [1.807, 2.05) is 36.5 Å². The molecule has 1 fully saturated rings. The molecule has 164 valence electrons. The number of hydrogen-bond donors (Lipinski definition) is 1. The van der Waals surface area contributed by atoms with Crippen LogP contribution in [0.1, 0.15) is 29.5 Å². The molecule has 2 aromatic carbocycles. The molecule has 6 heteroatoms. The largest absolute Gasteiger partial charge is 0.488 e. The standard InChI is InChI=1S/C26H28N4O2/c1-5-19-8-7-18(3)23(13-19)30-17-27-16-20-14-22(28-26(31)6-2)25(15-24(20)30)32-21-9-11-29(4)12-10-21/h1,6-8,13-16,21H,2,9-12,17H2,3-4H3,(H,28,31). The van der Waals surface area contributed by atoms with E-state index in [-0.39, 0.29) is 12.0 Å². The molecule has 2 aromatic rings. The summed E-state index contributed by atoms with van der Waals surface area (Å²) in [6, 6.07) is 9.88. The van der Waals surface area contributed by atoms with E-state index in [4.69, 9.17) is 11.2 Å². The Hall–Kier alpha value is -3.56. The van der Waals surface area contributed by atoms with Gasteiger partial charge < -0.3 is 19.9 Å². The van der Waals surface area contributed by atoms with Gasteiger partial charge in [-0.1, -0.05) is 18.6 Å². The summed E-state index contributed by atoms with van der Waals surface area (Å²) in [6.07, 6.45) is 10.7. The van der Waals surface area contributed by atoms with Crippen molar-refractivity contribution in [3.63, 3.8) is 0 Å². The summed E-state index contributed by atoms with van der Waals surface area (Å²) in [5.41, 5.74) is 5.42. The summed E-state index contributed by atoms with van der Waals surface area (Å²) >= 11 is 0. The molecule has 0 radical (unpaired) electrons. The number of benzene rings is 2. The average molecular weight is 429 g/mol. The third-order valence-corrected chi connectivity index (χ3v) is 5.94. The van der Waals surface area contributed by atoms with Crippen molar-refractivity contribution in [1.29, 1.82) is 0 Å². The van der Waals surface area contributed by atoms with Gasteiger partial charge in [-0.2, -0.15) is 0 Å². The fraction of sp³-hybridized carbons (Fsp3) is 0.308. The van der Waals surface area contributed by atoms with E-state index >= 15 is 0 Å². The number of piperidine rings is 1. The Labute approximate surface area is 189 Å². The van der Waals surface area contributed by atoms with Crippen LogP contribution in [0, 0.1) is 19.3 Å². The second-order valence-electron chi connectivity index (χ2n) is 8.25. The van der Waals surface area contributed by atoms with Crippen molar-refractivity contribution < 1.29 is 9.53 Å². The Kier molecular flexibility index (Phi) is 6.29. The zero-order valence-corrected chi connectivity index (χ0v) is 18.6. The highest BCUT2D eigenvalue weighted by molar-refractivity contribution is 6.02. The molecule has 2 aliphatic heterocycles. The lowest BCUT2D eigenvalue weighted by atomic mass is 10.0.